The Kier molecular flexibility index (Phi) is 5.56. The van der Waals surface area contributed by atoms with E-state index in [1.165, 1.54) is 0 Å². The number of carbonyl (C=O) groups is 1. The van der Waals surface area contributed by atoms with Crippen LogP contribution in [0.2, 0.25) is 0 Å². The van der Waals surface area contributed by atoms with Gasteiger partial charge in [0.25, 0.3) is 0 Å². The second kappa shape index (κ2) is 6.79. The van der Waals surface area contributed by atoms with Gasteiger partial charge in [0, 0.05) is 39.4 Å². The van der Waals surface area contributed by atoms with Crippen molar-refractivity contribution in [3.63, 3.8) is 0 Å². The first-order valence-electron chi connectivity index (χ1n) is 5.29. The summed E-state index contributed by atoms with van der Waals surface area (Å²) < 4.78 is 4.99. The topological polar surface area (TPSA) is 41.6 Å². The second-order valence-corrected chi connectivity index (χ2v) is 3.69. The summed E-state index contributed by atoms with van der Waals surface area (Å²) in [6.07, 6.45) is 4.27. The number of carbonyl (C=O) groups excluding carboxylic acids is 1. The quantitative estimate of drug-likeness (QED) is 0.493. The summed E-state index contributed by atoms with van der Waals surface area (Å²) in [7, 11) is 1.72. The number of hydrogen-bond donors (Lipinski definition) is 1. The van der Waals surface area contributed by atoms with Gasteiger partial charge in [0.15, 0.2) is 0 Å². The molecule has 0 spiro atoms. The van der Waals surface area contributed by atoms with Crippen molar-refractivity contribution < 1.29 is 9.53 Å². The van der Waals surface area contributed by atoms with E-state index in [9.17, 15) is 4.79 Å². The van der Waals surface area contributed by atoms with E-state index in [1.807, 2.05) is 4.90 Å². The van der Waals surface area contributed by atoms with Crippen molar-refractivity contribution in [3.8, 4) is 0 Å². The molecule has 0 aliphatic carbocycles. The Balaban J connectivity index is 2.16. The molecule has 1 saturated heterocycles. The predicted molar refractivity (Wildman–Crippen MR) is 55.2 cm³/mol. The molecule has 0 aromatic rings. The summed E-state index contributed by atoms with van der Waals surface area (Å²) in [6, 6.07) is 0.387. The summed E-state index contributed by atoms with van der Waals surface area (Å²) in [5, 5.41) is 3.31. The van der Waals surface area contributed by atoms with Crippen LogP contribution in [0.5, 0.6) is 0 Å². The summed E-state index contributed by atoms with van der Waals surface area (Å²) in [5.41, 5.74) is 0. The zero-order chi connectivity index (χ0) is 10.2. The molecule has 0 radical (unpaired) electrons. The van der Waals surface area contributed by atoms with Crippen LogP contribution in [0.3, 0.4) is 0 Å². The maximum absolute atomic E-state index is 10.7. The Morgan fingerprint density at radius 3 is 3.14 bits per heavy atom. The number of methoxy groups -OCH3 is 1. The Morgan fingerprint density at radius 1 is 1.57 bits per heavy atom. The molecule has 1 atom stereocenters. The minimum absolute atomic E-state index is 0.387. The minimum Gasteiger partial charge on any atom is -0.385 e. The third-order valence-electron chi connectivity index (χ3n) is 2.67. The lowest BCUT2D eigenvalue weighted by Crippen LogP contribution is -2.50. The van der Waals surface area contributed by atoms with E-state index in [0.29, 0.717) is 6.04 Å². The highest BCUT2D eigenvalue weighted by atomic mass is 16.5. The van der Waals surface area contributed by atoms with Crippen LogP contribution in [0.1, 0.15) is 19.3 Å². The van der Waals surface area contributed by atoms with Crippen molar-refractivity contribution in [3.05, 3.63) is 0 Å². The molecule has 1 rings (SSSR count). The van der Waals surface area contributed by atoms with Gasteiger partial charge in [0.2, 0.25) is 6.41 Å². The van der Waals surface area contributed by atoms with Gasteiger partial charge in [0.05, 0.1) is 0 Å². The summed E-state index contributed by atoms with van der Waals surface area (Å²) in [6.45, 7) is 3.53. The molecule has 1 amide bonds. The van der Waals surface area contributed by atoms with Crippen molar-refractivity contribution in [1.29, 1.82) is 0 Å². The van der Waals surface area contributed by atoms with Gasteiger partial charge in [-0.2, -0.15) is 0 Å². The summed E-state index contributed by atoms with van der Waals surface area (Å²) in [5.74, 6) is 0. The predicted octanol–water partition coefficient (Wildman–Crippen LogP) is 0.233. The SMILES string of the molecule is COCCCCC1CNCCN1C=O. The van der Waals surface area contributed by atoms with Crippen LogP contribution < -0.4 is 5.32 Å². The largest absolute Gasteiger partial charge is 0.385 e. The zero-order valence-corrected chi connectivity index (χ0v) is 8.87. The van der Waals surface area contributed by atoms with Gasteiger partial charge in [-0.3, -0.25) is 4.79 Å². The average molecular weight is 200 g/mol. The number of amides is 1. The molecular formula is C10H20N2O2. The molecule has 1 N–H and O–H groups in total. The highest BCUT2D eigenvalue weighted by Crippen LogP contribution is 2.09. The van der Waals surface area contributed by atoms with Gasteiger partial charge in [-0.15, -0.1) is 0 Å². The molecule has 0 aromatic carbocycles. The van der Waals surface area contributed by atoms with E-state index in [-0.39, 0.29) is 0 Å². The van der Waals surface area contributed by atoms with Crippen molar-refractivity contribution in [2.24, 2.45) is 0 Å². The highest BCUT2D eigenvalue weighted by molar-refractivity contribution is 5.48. The monoisotopic (exact) mass is 200 g/mol. The molecule has 4 nitrogen and oxygen atoms in total. The number of piperazine rings is 1. The van der Waals surface area contributed by atoms with E-state index in [4.69, 9.17) is 4.74 Å². The van der Waals surface area contributed by atoms with Crippen LogP contribution in [-0.2, 0) is 9.53 Å². The number of nitrogens with one attached hydrogen (secondary N) is 1. The Labute approximate surface area is 85.6 Å². The number of nitrogens with zero attached hydrogens (tertiary/aromatic N) is 1. The zero-order valence-electron chi connectivity index (χ0n) is 8.87. The van der Waals surface area contributed by atoms with Crippen LogP contribution in [0.25, 0.3) is 0 Å². The minimum atomic E-state index is 0.387. The number of unbranched alkanes of at least 4 members (excludes halogenated alkanes) is 1. The standard InChI is InChI=1S/C10H20N2O2/c1-14-7-3-2-4-10-8-11-5-6-12(10)9-13/h9-11H,2-8H2,1H3. The second-order valence-electron chi connectivity index (χ2n) is 3.69. The molecule has 82 valence electrons. The van der Waals surface area contributed by atoms with Crippen molar-refractivity contribution in [1.82, 2.24) is 10.2 Å². The molecule has 0 bridgehead atoms. The molecule has 14 heavy (non-hydrogen) atoms. The van der Waals surface area contributed by atoms with Crippen LogP contribution in [0, 0.1) is 0 Å². The van der Waals surface area contributed by atoms with Gasteiger partial charge in [-0.05, 0) is 19.3 Å². The van der Waals surface area contributed by atoms with Crippen molar-refractivity contribution in [2.45, 2.75) is 25.3 Å². The van der Waals surface area contributed by atoms with E-state index in [0.717, 1.165) is 51.9 Å². The van der Waals surface area contributed by atoms with Crippen LogP contribution in [-0.4, -0.2) is 50.7 Å². The molecule has 1 aliphatic rings. The van der Waals surface area contributed by atoms with Gasteiger partial charge in [0.1, 0.15) is 0 Å². The number of hydrogen-bond acceptors (Lipinski definition) is 3. The fraction of sp³-hybridized carbons (Fsp3) is 0.900. The third-order valence-corrected chi connectivity index (χ3v) is 2.67. The Bertz CT molecular complexity index is 164. The fourth-order valence-corrected chi connectivity index (χ4v) is 1.81. The highest BCUT2D eigenvalue weighted by Gasteiger charge is 2.19. The lowest BCUT2D eigenvalue weighted by Gasteiger charge is -2.33. The lowest BCUT2D eigenvalue weighted by atomic mass is 10.1. The van der Waals surface area contributed by atoms with E-state index >= 15 is 0 Å². The molecule has 1 unspecified atom stereocenters. The van der Waals surface area contributed by atoms with Crippen LogP contribution >= 0.6 is 0 Å². The summed E-state index contributed by atoms with van der Waals surface area (Å²) >= 11 is 0. The van der Waals surface area contributed by atoms with Gasteiger partial charge in [-0.25, -0.2) is 0 Å². The third kappa shape index (κ3) is 3.64. The maximum atomic E-state index is 10.7. The Morgan fingerprint density at radius 2 is 2.43 bits per heavy atom. The Hall–Kier alpha value is -0.610. The number of ether oxygens (including phenoxy) is 1. The van der Waals surface area contributed by atoms with E-state index < -0.39 is 0 Å². The van der Waals surface area contributed by atoms with Gasteiger partial charge < -0.3 is 15.0 Å². The van der Waals surface area contributed by atoms with E-state index in [1.54, 1.807) is 7.11 Å². The van der Waals surface area contributed by atoms with Crippen LogP contribution in [0.4, 0.5) is 0 Å². The first-order valence-corrected chi connectivity index (χ1v) is 5.29. The van der Waals surface area contributed by atoms with E-state index in [2.05, 4.69) is 5.32 Å². The smallest absolute Gasteiger partial charge is 0.210 e. The summed E-state index contributed by atoms with van der Waals surface area (Å²) in [4.78, 5) is 12.6. The maximum Gasteiger partial charge on any atom is 0.210 e. The fourth-order valence-electron chi connectivity index (χ4n) is 1.81. The molecule has 1 fully saturated rings. The van der Waals surface area contributed by atoms with Gasteiger partial charge >= 0.3 is 0 Å². The molecule has 1 heterocycles. The number of rotatable bonds is 6. The molecule has 0 saturated carbocycles. The molecule has 0 aromatic heterocycles. The van der Waals surface area contributed by atoms with Crippen molar-refractivity contribution >= 4 is 6.41 Å². The lowest BCUT2D eigenvalue weighted by molar-refractivity contribution is -0.121. The first-order chi connectivity index (χ1) is 6.88. The van der Waals surface area contributed by atoms with Gasteiger partial charge in [-0.1, -0.05) is 0 Å². The molecule has 1 aliphatic heterocycles. The molecular weight excluding hydrogens is 180 g/mol. The van der Waals surface area contributed by atoms with Crippen molar-refractivity contribution in [2.75, 3.05) is 33.4 Å². The normalized spacial score (nSPS) is 22.4. The molecule has 4 heteroatoms. The van der Waals surface area contributed by atoms with Crippen LogP contribution in [0.15, 0.2) is 0 Å². The first kappa shape index (κ1) is 11.5. The average Bonchev–Trinajstić information content (AvgIpc) is 2.25.